The summed E-state index contributed by atoms with van der Waals surface area (Å²) in [6.45, 7) is 3.33. The first-order valence-electron chi connectivity index (χ1n) is 7.01. The first-order chi connectivity index (χ1) is 9.95. The van der Waals surface area contributed by atoms with Crippen LogP contribution >= 0.6 is 0 Å². The van der Waals surface area contributed by atoms with E-state index in [4.69, 9.17) is 5.11 Å². The Hall–Kier alpha value is -2.08. The Morgan fingerprint density at radius 2 is 2.05 bits per heavy atom. The Balaban J connectivity index is 2.09. The number of likely N-dealkylation sites (N-methyl/N-ethyl adjacent to an activating group) is 1. The molecule has 6 nitrogen and oxygen atoms in total. The van der Waals surface area contributed by atoms with E-state index in [0.717, 1.165) is 25.1 Å². The van der Waals surface area contributed by atoms with Gasteiger partial charge in [-0.25, -0.2) is 4.79 Å². The van der Waals surface area contributed by atoms with Crippen LogP contribution in [0.3, 0.4) is 0 Å². The van der Waals surface area contributed by atoms with Crippen molar-refractivity contribution in [3.05, 3.63) is 29.8 Å². The van der Waals surface area contributed by atoms with E-state index >= 15 is 0 Å². The lowest BCUT2D eigenvalue weighted by molar-refractivity contribution is -0.135. The zero-order valence-electron chi connectivity index (χ0n) is 12.4. The van der Waals surface area contributed by atoms with Gasteiger partial charge in [0.15, 0.2) is 0 Å². The fourth-order valence-electron chi connectivity index (χ4n) is 2.45. The van der Waals surface area contributed by atoms with E-state index in [1.165, 1.54) is 4.90 Å². The van der Waals surface area contributed by atoms with Crippen molar-refractivity contribution in [3.8, 4) is 0 Å². The smallest absolute Gasteiger partial charge is 0.323 e. The number of urea groups is 1. The van der Waals surface area contributed by atoms with E-state index in [9.17, 15) is 9.59 Å². The zero-order chi connectivity index (χ0) is 15.4. The molecule has 0 spiro atoms. The topological polar surface area (TPSA) is 72.9 Å². The predicted octanol–water partition coefficient (Wildman–Crippen LogP) is 1.30. The minimum atomic E-state index is -1.03. The van der Waals surface area contributed by atoms with Crippen LogP contribution in [0.1, 0.15) is 12.0 Å². The molecule has 0 aliphatic carbocycles. The molecule has 1 aliphatic heterocycles. The maximum absolute atomic E-state index is 12.4. The molecule has 0 saturated carbocycles. The van der Waals surface area contributed by atoms with Gasteiger partial charge >= 0.3 is 12.0 Å². The van der Waals surface area contributed by atoms with E-state index in [1.54, 1.807) is 12.1 Å². The normalized spacial score (nSPS) is 18.5. The van der Waals surface area contributed by atoms with E-state index in [0.29, 0.717) is 5.69 Å². The zero-order valence-corrected chi connectivity index (χ0v) is 12.4. The summed E-state index contributed by atoms with van der Waals surface area (Å²) in [4.78, 5) is 26.8. The van der Waals surface area contributed by atoms with Crippen LogP contribution in [0.15, 0.2) is 24.3 Å². The van der Waals surface area contributed by atoms with Gasteiger partial charge in [-0.2, -0.15) is 0 Å². The van der Waals surface area contributed by atoms with Crippen LogP contribution < -0.4 is 10.2 Å². The number of carbonyl (C=O) groups is 2. The Morgan fingerprint density at radius 3 is 2.57 bits per heavy atom. The first-order valence-corrected chi connectivity index (χ1v) is 7.01. The van der Waals surface area contributed by atoms with Crippen molar-refractivity contribution in [1.29, 1.82) is 0 Å². The monoisotopic (exact) mass is 291 g/mol. The van der Waals surface area contributed by atoms with Gasteiger partial charge in [0.1, 0.15) is 6.54 Å². The molecular formula is C15H21N3O3. The van der Waals surface area contributed by atoms with Crippen LogP contribution in [0.4, 0.5) is 10.5 Å². The summed E-state index contributed by atoms with van der Waals surface area (Å²) in [5, 5.41) is 11.9. The number of hydrogen-bond donors (Lipinski definition) is 2. The summed E-state index contributed by atoms with van der Waals surface area (Å²) in [6, 6.07) is 6.96. The van der Waals surface area contributed by atoms with Gasteiger partial charge in [-0.15, -0.1) is 0 Å². The average Bonchev–Trinajstić information content (AvgIpc) is 2.82. The van der Waals surface area contributed by atoms with E-state index in [2.05, 4.69) is 10.2 Å². The third kappa shape index (κ3) is 4.19. The lowest BCUT2D eigenvalue weighted by Gasteiger charge is -2.23. The Labute approximate surface area is 124 Å². The highest BCUT2D eigenvalue weighted by atomic mass is 16.4. The molecule has 114 valence electrons. The van der Waals surface area contributed by atoms with Crippen molar-refractivity contribution in [1.82, 2.24) is 10.2 Å². The van der Waals surface area contributed by atoms with Crippen LogP contribution in [0.2, 0.25) is 0 Å². The van der Waals surface area contributed by atoms with Gasteiger partial charge < -0.3 is 15.3 Å². The van der Waals surface area contributed by atoms with Gasteiger partial charge in [-0.3, -0.25) is 9.69 Å². The number of amides is 2. The standard InChI is InChI=1S/C15H21N3O3/c1-11-3-5-13(6-4-11)18(10-14(19)20)15(21)16-12-7-8-17(2)9-12/h3-6,12H,7-10H2,1-2H3,(H,16,21)(H,19,20). The molecule has 1 aromatic rings. The molecule has 0 aromatic heterocycles. The summed E-state index contributed by atoms with van der Waals surface area (Å²) in [5.74, 6) is -1.03. The second-order valence-corrected chi connectivity index (χ2v) is 5.51. The molecule has 1 saturated heterocycles. The number of aliphatic carboxylic acids is 1. The molecule has 21 heavy (non-hydrogen) atoms. The summed E-state index contributed by atoms with van der Waals surface area (Å²) in [6.07, 6.45) is 0.886. The molecule has 1 fully saturated rings. The van der Waals surface area contributed by atoms with Gasteiger partial charge in [0.2, 0.25) is 0 Å². The maximum Gasteiger partial charge on any atom is 0.323 e. The third-order valence-corrected chi connectivity index (χ3v) is 3.60. The number of carboxylic acid groups (broad SMARTS) is 1. The summed E-state index contributed by atoms with van der Waals surface area (Å²) in [5.41, 5.74) is 1.65. The highest BCUT2D eigenvalue weighted by Gasteiger charge is 2.25. The van der Waals surface area contributed by atoms with Gasteiger partial charge in [0, 0.05) is 18.3 Å². The van der Waals surface area contributed by atoms with Crippen molar-refractivity contribution in [2.24, 2.45) is 0 Å². The molecule has 1 aromatic carbocycles. The molecule has 0 bridgehead atoms. The second kappa shape index (κ2) is 6.58. The maximum atomic E-state index is 12.4. The largest absolute Gasteiger partial charge is 0.480 e. The van der Waals surface area contributed by atoms with E-state index < -0.39 is 5.97 Å². The first kappa shape index (κ1) is 15.3. The van der Waals surface area contributed by atoms with Crippen molar-refractivity contribution in [2.45, 2.75) is 19.4 Å². The Kier molecular flexibility index (Phi) is 4.80. The van der Waals surface area contributed by atoms with Gasteiger partial charge in [-0.05, 0) is 39.1 Å². The number of aryl methyl sites for hydroxylation is 1. The summed E-state index contributed by atoms with van der Waals surface area (Å²) >= 11 is 0. The summed E-state index contributed by atoms with van der Waals surface area (Å²) in [7, 11) is 2.00. The molecule has 2 amide bonds. The Bertz CT molecular complexity index is 515. The summed E-state index contributed by atoms with van der Waals surface area (Å²) < 4.78 is 0. The molecule has 0 radical (unpaired) electrons. The number of nitrogens with one attached hydrogen (secondary N) is 1. The van der Waals surface area contributed by atoms with Crippen LogP contribution in [-0.4, -0.2) is 54.7 Å². The van der Waals surface area contributed by atoms with Gasteiger partial charge in [-0.1, -0.05) is 17.7 Å². The fourth-order valence-corrected chi connectivity index (χ4v) is 2.45. The number of rotatable bonds is 4. The van der Waals surface area contributed by atoms with Crippen LogP contribution in [0.25, 0.3) is 0 Å². The molecule has 6 heteroatoms. The van der Waals surface area contributed by atoms with Crippen LogP contribution in [0.5, 0.6) is 0 Å². The van der Waals surface area contributed by atoms with E-state index in [1.807, 2.05) is 26.1 Å². The van der Waals surface area contributed by atoms with Crippen LogP contribution in [0, 0.1) is 6.92 Å². The lowest BCUT2D eigenvalue weighted by atomic mass is 10.2. The van der Waals surface area contributed by atoms with Gasteiger partial charge in [0.25, 0.3) is 0 Å². The number of hydrogen-bond acceptors (Lipinski definition) is 3. The van der Waals surface area contributed by atoms with Crippen molar-refractivity contribution >= 4 is 17.7 Å². The molecule has 1 atom stereocenters. The lowest BCUT2D eigenvalue weighted by Crippen LogP contribution is -2.47. The number of carbonyl (C=O) groups excluding carboxylic acids is 1. The predicted molar refractivity (Wildman–Crippen MR) is 80.6 cm³/mol. The molecule has 2 N–H and O–H groups in total. The molecule has 1 unspecified atom stereocenters. The number of nitrogens with zero attached hydrogens (tertiary/aromatic N) is 2. The minimum Gasteiger partial charge on any atom is -0.480 e. The van der Waals surface area contributed by atoms with Gasteiger partial charge in [0.05, 0.1) is 0 Å². The average molecular weight is 291 g/mol. The van der Waals surface area contributed by atoms with Crippen molar-refractivity contribution in [3.63, 3.8) is 0 Å². The number of benzene rings is 1. The second-order valence-electron chi connectivity index (χ2n) is 5.51. The van der Waals surface area contributed by atoms with Crippen molar-refractivity contribution < 1.29 is 14.7 Å². The number of anilines is 1. The fraction of sp³-hybridized carbons (Fsp3) is 0.467. The van der Waals surface area contributed by atoms with Crippen molar-refractivity contribution in [2.75, 3.05) is 31.6 Å². The van der Waals surface area contributed by atoms with E-state index in [-0.39, 0.29) is 18.6 Å². The Morgan fingerprint density at radius 1 is 1.38 bits per heavy atom. The molecular weight excluding hydrogens is 270 g/mol. The van der Waals surface area contributed by atoms with Crippen LogP contribution in [-0.2, 0) is 4.79 Å². The quantitative estimate of drug-likeness (QED) is 0.877. The number of likely N-dealkylation sites (tertiary alicyclic amines) is 1. The number of carboxylic acids is 1. The third-order valence-electron chi connectivity index (χ3n) is 3.60. The SMILES string of the molecule is Cc1ccc(N(CC(=O)O)C(=O)NC2CCN(C)C2)cc1. The minimum absolute atomic E-state index is 0.0734. The highest BCUT2D eigenvalue weighted by Crippen LogP contribution is 2.16. The highest BCUT2D eigenvalue weighted by molar-refractivity contribution is 5.96. The molecule has 2 rings (SSSR count). The molecule has 1 aliphatic rings. The molecule has 1 heterocycles.